The standard InChI is InChI=1S/C15H23NO4/c1-10-7-12(8-14(17)18)9-15(3,4)13(10)6-5-11(2)16(19)20/h5,12H,6-9H2,1-4H3,(H,17,18)/b11-5-. The van der Waals surface area contributed by atoms with Crippen LogP contribution in [0.1, 0.15) is 53.4 Å². The van der Waals surface area contributed by atoms with Crippen LogP contribution in [0.3, 0.4) is 0 Å². The second-order valence-corrected chi connectivity index (χ2v) is 6.32. The van der Waals surface area contributed by atoms with E-state index in [0.717, 1.165) is 12.8 Å². The topological polar surface area (TPSA) is 80.4 Å². The average Bonchev–Trinajstić information content (AvgIpc) is 2.25. The van der Waals surface area contributed by atoms with Gasteiger partial charge in [0.05, 0.1) is 4.92 Å². The summed E-state index contributed by atoms with van der Waals surface area (Å²) in [6, 6.07) is 0. The van der Waals surface area contributed by atoms with Crippen molar-refractivity contribution in [3.8, 4) is 0 Å². The lowest BCUT2D eigenvalue weighted by molar-refractivity contribution is -0.424. The molecule has 1 rings (SSSR count). The van der Waals surface area contributed by atoms with Gasteiger partial charge in [0, 0.05) is 13.3 Å². The van der Waals surface area contributed by atoms with E-state index in [2.05, 4.69) is 13.8 Å². The third-order valence-electron chi connectivity index (χ3n) is 4.08. The van der Waals surface area contributed by atoms with Crippen LogP contribution in [-0.2, 0) is 4.79 Å². The molecule has 20 heavy (non-hydrogen) atoms. The maximum absolute atomic E-state index is 10.9. The van der Waals surface area contributed by atoms with Crippen molar-refractivity contribution in [2.24, 2.45) is 11.3 Å². The van der Waals surface area contributed by atoms with E-state index in [-0.39, 0.29) is 28.4 Å². The summed E-state index contributed by atoms with van der Waals surface area (Å²) in [4.78, 5) is 21.1. The lowest BCUT2D eigenvalue weighted by Gasteiger charge is -2.38. The van der Waals surface area contributed by atoms with Crippen LogP contribution in [0.15, 0.2) is 22.9 Å². The van der Waals surface area contributed by atoms with Crippen molar-refractivity contribution in [1.82, 2.24) is 0 Å². The Hall–Kier alpha value is -1.65. The molecule has 1 aliphatic rings. The Morgan fingerprint density at radius 3 is 2.60 bits per heavy atom. The van der Waals surface area contributed by atoms with Crippen LogP contribution in [0.4, 0.5) is 0 Å². The lowest BCUT2D eigenvalue weighted by Crippen LogP contribution is -2.27. The first-order valence-corrected chi connectivity index (χ1v) is 6.85. The predicted molar refractivity (Wildman–Crippen MR) is 76.8 cm³/mol. The minimum atomic E-state index is -0.758. The van der Waals surface area contributed by atoms with Crippen molar-refractivity contribution >= 4 is 5.97 Å². The van der Waals surface area contributed by atoms with Crippen molar-refractivity contribution in [1.29, 1.82) is 0 Å². The molecule has 112 valence electrons. The van der Waals surface area contributed by atoms with Crippen LogP contribution in [0.25, 0.3) is 0 Å². The number of nitro groups is 1. The maximum Gasteiger partial charge on any atom is 0.303 e. The first kappa shape index (κ1) is 16.4. The fourth-order valence-corrected chi connectivity index (χ4v) is 3.22. The average molecular weight is 281 g/mol. The van der Waals surface area contributed by atoms with Crippen molar-refractivity contribution in [3.63, 3.8) is 0 Å². The second-order valence-electron chi connectivity index (χ2n) is 6.32. The molecule has 0 bridgehead atoms. The number of hydrogen-bond donors (Lipinski definition) is 1. The first-order valence-electron chi connectivity index (χ1n) is 6.85. The molecule has 0 aliphatic heterocycles. The highest BCUT2D eigenvalue weighted by Crippen LogP contribution is 2.45. The second kappa shape index (κ2) is 6.20. The lowest BCUT2D eigenvalue weighted by atomic mass is 9.67. The van der Waals surface area contributed by atoms with E-state index in [1.165, 1.54) is 18.1 Å². The number of carboxylic acids is 1. The van der Waals surface area contributed by atoms with Crippen molar-refractivity contribution < 1.29 is 14.8 Å². The molecular weight excluding hydrogens is 258 g/mol. The van der Waals surface area contributed by atoms with Crippen molar-refractivity contribution in [3.05, 3.63) is 33.0 Å². The summed E-state index contributed by atoms with van der Waals surface area (Å²) in [6.07, 6.45) is 4.01. The van der Waals surface area contributed by atoms with Gasteiger partial charge in [-0.2, -0.15) is 0 Å². The van der Waals surface area contributed by atoms with Gasteiger partial charge < -0.3 is 5.11 Å². The zero-order valence-corrected chi connectivity index (χ0v) is 12.6. The largest absolute Gasteiger partial charge is 0.481 e. The number of nitrogens with zero attached hydrogens (tertiary/aromatic N) is 1. The number of aliphatic carboxylic acids is 1. The summed E-state index contributed by atoms with van der Waals surface area (Å²) in [6.45, 7) is 7.70. The summed E-state index contributed by atoms with van der Waals surface area (Å²) in [5.41, 5.74) is 2.45. The Morgan fingerprint density at radius 2 is 2.15 bits per heavy atom. The first-order chi connectivity index (χ1) is 9.13. The van der Waals surface area contributed by atoms with Crippen LogP contribution in [-0.4, -0.2) is 16.0 Å². The van der Waals surface area contributed by atoms with Gasteiger partial charge in [0.25, 0.3) is 0 Å². The van der Waals surface area contributed by atoms with Gasteiger partial charge in [-0.3, -0.25) is 14.9 Å². The molecule has 0 aromatic carbocycles. The molecule has 0 radical (unpaired) electrons. The van der Waals surface area contributed by atoms with E-state index >= 15 is 0 Å². The van der Waals surface area contributed by atoms with Gasteiger partial charge in [0.2, 0.25) is 5.70 Å². The summed E-state index contributed by atoms with van der Waals surface area (Å²) in [5, 5.41) is 19.6. The molecule has 1 unspecified atom stereocenters. The quantitative estimate of drug-likeness (QED) is 0.472. The van der Waals surface area contributed by atoms with Gasteiger partial charge in [-0.05, 0) is 43.6 Å². The Balaban J connectivity index is 2.92. The van der Waals surface area contributed by atoms with E-state index in [0.29, 0.717) is 6.42 Å². The predicted octanol–water partition coefficient (Wildman–Crippen LogP) is 3.78. The molecule has 0 aromatic rings. The highest BCUT2D eigenvalue weighted by Gasteiger charge is 2.33. The third kappa shape index (κ3) is 4.18. The van der Waals surface area contributed by atoms with Gasteiger partial charge in [0.15, 0.2) is 0 Å². The normalized spacial score (nSPS) is 22.8. The molecule has 1 aliphatic carbocycles. The molecule has 1 N–H and O–H groups in total. The molecular formula is C15H23NO4. The highest BCUT2D eigenvalue weighted by molar-refractivity contribution is 5.67. The monoisotopic (exact) mass is 281 g/mol. The Bertz CT molecular complexity index is 474. The zero-order valence-electron chi connectivity index (χ0n) is 12.6. The van der Waals surface area contributed by atoms with Gasteiger partial charge in [-0.25, -0.2) is 0 Å². The van der Waals surface area contributed by atoms with Crippen molar-refractivity contribution in [2.45, 2.75) is 53.4 Å². The fourth-order valence-electron chi connectivity index (χ4n) is 3.22. The van der Waals surface area contributed by atoms with Crippen LogP contribution in [0, 0.1) is 21.4 Å². The molecule has 0 saturated carbocycles. The Morgan fingerprint density at radius 1 is 1.55 bits per heavy atom. The molecule has 0 aromatic heterocycles. The molecule has 0 saturated heterocycles. The maximum atomic E-state index is 10.9. The smallest absolute Gasteiger partial charge is 0.303 e. The summed E-state index contributed by atoms with van der Waals surface area (Å²) >= 11 is 0. The molecule has 0 fully saturated rings. The molecule has 1 atom stereocenters. The fraction of sp³-hybridized carbons (Fsp3) is 0.667. The summed E-state index contributed by atoms with van der Waals surface area (Å²) in [5.74, 6) is -0.599. The number of allylic oxidation sites excluding steroid dienone is 4. The van der Waals surface area contributed by atoms with E-state index in [1.807, 2.05) is 6.92 Å². The highest BCUT2D eigenvalue weighted by atomic mass is 16.6. The number of rotatable bonds is 5. The molecule has 0 amide bonds. The van der Waals surface area contributed by atoms with Gasteiger partial charge >= 0.3 is 5.97 Å². The minimum Gasteiger partial charge on any atom is -0.481 e. The molecule has 5 heteroatoms. The van der Waals surface area contributed by atoms with Crippen LogP contribution < -0.4 is 0 Å². The van der Waals surface area contributed by atoms with Crippen LogP contribution in [0.5, 0.6) is 0 Å². The van der Waals surface area contributed by atoms with E-state index in [9.17, 15) is 14.9 Å². The van der Waals surface area contributed by atoms with Crippen LogP contribution >= 0.6 is 0 Å². The van der Waals surface area contributed by atoms with Gasteiger partial charge in [-0.15, -0.1) is 0 Å². The van der Waals surface area contributed by atoms with Crippen LogP contribution in [0.2, 0.25) is 0 Å². The van der Waals surface area contributed by atoms with Gasteiger partial charge in [-0.1, -0.05) is 25.0 Å². The summed E-state index contributed by atoms with van der Waals surface area (Å²) in [7, 11) is 0. The van der Waals surface area contributed by atoms with E-state index < -0.39 is 5.97 Å². The van der Waals surface area contributed by atoms with Crippen molar-refractivity contribution in [2.75, 3.05) is 0 Å². The molecule has 5 nitrogen and oxygen atoms in total. The van der Waals surface area contributed by atoms with E-state index in [1.54, 1.807) is 6.08 Å². The minimum absolute atomic E-state index is 0.101. The number of carbonyl (C=O) groups is 1. The number of hydrogen-bond acceptors (Lipinski definition) is 3. The Labute approximate surface area is 119 Å². The molecule has 0 spiro atoms. The third-order valence-corrected chi connectivity index (χ3v) is 4.08. The molecule has 0 heterocycles. The number of carboxylic acid groups (broad SMARTS) is 1. The SMILES string of the molecule is CC1=C(C/C=C(/C)[N+](=O)[O-])C(C)(C)CC(CC(=O)O)C1. The zero-order chi connectivity index (χ0) is 15.5. The van der Waals surface area contributed by atoms with E-state index in [4.69, 9.17) is 5.11 Å². The summed E-state index contributed by atoms with van der Waals surface area (Å²) < 4.78 is 0. The van der Waals surface area contributed by atoms with Gasteiger partial charge in [0.1, 0.15) is 0 Å². The Kier molecular flexibility index (Phi) is 5.09.